The average Bonchev–Trinajstić information content (AvgIpc) is 3.21. The quantitative estimate of drug-likeness (QED) is 0.426. The van der Waals surface area contributed by atoms with Crippen molar-refractivity contribution in [2.75, 3.05) is 23.8 Å². The molecule has 2 aliphatic rings. The molecule has 1 atom stereocenters. The molecule has 4 rings (SSSR count). The smallest absolute Gasteiger partial charge is 0.338 e. The van der Waals surface area contributed by atoms with Gasteiger partial charge in [0, 0.05) is 34.9 Å². The van der Waals surface area contributed by atoms with E-state index in [9.17, 15) is 19.5 Å². The van der Waals surface area contributed by atoms with E-state index in [0.29, 0.717) is 35.0 Å². The Balaban J connectivity index is 1.30. The summed E-state index contributed by atoms with van der Waals surface area (Å²) in [6, 6.07) is 11.5. The maximum Gasteiger partial charge on any atom is 0.338 e. The van der Waals surface area contributed by atoms with Crippen LogP contribution in [0.4, 0.5) is 16.2 Å². The van der Waals surface area contributed by atoms with Gasteiger partial charge in [-0.1, -0.05) is 17.7 Å². The van der Waals surface area contributed by atoms with Crippen molar-refractivity contribution < 1.29 is 24.2 Å². The molecule has 2 aromatic carbocycles. The largest absolute Gasteiger partial charge is 0.462 e. The van der Waals surface area contributed by atoms with Crippen LogP contribution in [0.15, 0.2) is 42.5 Å². The van der Waals surface area contributed by atoms with Crippen LogP contribution in [0.1, 0.15) is 61.9 Å². The number of anilines is 2. The number of nitrogens with one attached hydrogen (secondary N) is 2. The second-order valence-corrected chi connectivity index (χ2v) is 10.5. The highest BCUT2D eigenvalue weighted by Crippen LogP contribution is 2.35. The molecule has 1 saturated carbocycles. The Morgan fingerprint density at radius 1 is 1.08 bits per heavy atom. The lowest BCUT2D eigenvalue weighted by Crippen LogP contribution is -2.43. The van der Waals surface area contributed by atoms with E-state index in [1.807, 2.05) is 17.9 Å². The van der Waals surface area contributed by atoms with E-state index in [-0.39, 0.29) is 17.9 Å². The Hall–Kier alpha value is -3.10. The Bertz CT molecular complexity index is 1140. The van der Waals surface area contributed by atoms with E-state index < -0.39 is 17.6 Å². The van der Waals surface area contributed by atoms with Crippen LogP contribution in [0.5, 0.6) is 0 Å². The fraction of sp³-hybridized carbons (Fsp3) is 0.464. The van der Waals surface area contributed by atoms with Crippen LogP contribution in [0, 0.1) is 5.92 Å². The van der Waals surface area contributed by atoms with Crippen LogP contribution in [0.2, 0.25) is 5.02 Å². The van der Waals surface area contributed by atoms with Crippen molar-refractivity contribution in [3.05, 3.63) is 58.6 Å². The number of urea groups is 1. The van der Waals surface area contributed by atoms with E-state index in [1.165, 1.54) is 0 Å². The molecule has 2 fully saturated rings. The van der Waals surface area contributed by atoms with E-state index in [4.69, 9.17) is 16.3 Å². The molecular weight excluding hydrogens is 494 g/mol. The molecule has 0 radical (unpaired) electrons. The molecule has 3 N–H and O–H groups in total. The molecule has 8 nitrogen and oxygen atoms in total. The molecule has 1 saturated heterocycles. The zero-order valence-corrected chi connectivity index (χ0v) is 22.0. The summed E-state index contributed by atoms with van der Waals surface area (Å²) in [6.45, 7) is 4.65. The summed E-state index contributed by atoms with van der Waals surface area (Å²) >= 11 is 6.52. The van der Waals surface area contributed by atoms with Crippen LogP contribution >= 0.6 is 11.6 Å². The number of halogens is 1. The molecule has 9 heteroatoms. The van der Waals surface area contributed by atoms with E-state index >= 15 is 0 Å². The molecule has 2 aromatic rings. The summed E-state index contributed by atoms with van der Waals surface area (Å²) in [5, 5.41) is 16.2. The summed E-state index contributed by atoms with van der Waals surface area (Å²) in [5.74, 6) is -0.360. The van der Waals surface area contributed by atoms with Crippen molar-refractivity contribution in [2.45, 2.75) is 64.0 Å². The Morgan fingerprint density at radius 3 is 2.38 bits per heavy atom. The number of carbonyl (C=O) groups excluding carboxylic acids is 3. The fourth-order valence-electron chi connectivity index (χ4n) is 5.10. The normalized spacial score (nSPS) is 23.6. The highest BCUT2D eigenvalue weighted by molar-refractivity contribution is 6.31. The lowest BCUT2D eigenvalue weighted by atomic mass is 9.83. The van der Waals surface area contributed by atoms with E-state index in [1.54, 1.807) is 43.3 Å². The van der Waals surface area contributed by atoms with Crippen LogP contribution in [0.3, 0.4) is 0 Å². The molecule has 0 bridgehead atoms. The molecule has 37 heavy (non-hydrogen) atoms. The number of carbonyl (C=O) groups is 3. The van der Waals surface area contributed by atoms with E-state index in [2.05, 4.69) is 10.6 Å². The van der Waals surface area contributed by atoms with Gasteiger partial charge in [0.1, 0.15) is 0 Å². The van der Waals surface area contributed by atoms with Gasteiger partial charge in [-0.05, 0) is 94.3 Å². The predicted molar refractivity (Wildman–Crippen MR) is 143 cm³/mol. The first kappa shape index (κ1) is 26.9. The van der Waals surface area contributed by atoms with Gasteiger partial charge in [0.2, 0.25) is 5.91 Å². The van der Waals surface area contributed by atoms with Gasteiger partial charge in [-0.15, -0.1) is 0 Å². The highest BCUT2D eigenvalue weighted by Gasteiger charge is 2.39. The molecule has 1 aliphatic carbocycles. The van der Waals surface area contributed by atoms with Crippen LogP contribution in [0.25, 0.3) is 0 Å². The maximum absolute atomic E-state index is 13.1. The van der Waals surface area contributed by atoms with Gasteiger partial charge in [-0.2, -0.15) is 0 Å². The number of ether oxygens (including phenoxy) is 1. The molecule has 0 aromatic heterocycles. The number of hydrogen-bond donors (Lipinski definition) is 3. The molecule has 1 unspecified atom stereocenters. The first-order valence-corrected chi connectivity index (χ1v) is 13.2. The van der Waals surface area contributed by atoms with Gasteiger partial charge in [-0.25, -0.2) is 9.59 Å². The minimum absolute atomic E-state index is 0.111. The summed E-state index contributed by atoms with van der Waals surface area (Å²) in [4.78, 5) is 39.3. The molecule has 198 valence electrons. The maximum atomic E-state index is 13.1. The van der Waals surface area contributed by atoms with Gasteiger partial charge < -0.3 is 25.4 Å². The van der Waals surface area contributed by atoms with Gasteiger partial charge in [0.25, 0.3) is 0 Å². The number of esters is 1. The first-order valence-electron chi connectivity index (χ1n) is 12.8. The van der Waals surface area contributed by atoms with Crippen LogP contribution in [-0.4, -0.2) is 52.7 Å². The van der Waals surface area contributed by atoms with Crippen molar-refractivity contribution in [2.24, 2.45) is 5.92 Å². The fourth-order valence-corrected chi connectivity index (χ4v) is 5.36. The second kappa shape index (κ2) is 11.5. The number of amides is 3. The molecule has 1 aliphatic heterocycles. The predicted octanol–water partition coefficient (Wildman–Crippen LogP) is 5.25. The number of benzene rings is 2. The number of likely N-dealkylation sites (tertiary alicyclic amines) is 1. The molecule has 0 spiro atoms. The Labute approximate surface area is 222 Å². The number of rotatable bonds is 7. The standard InChI is InChI=1S/C28H34ClN3O5/c1-3-37-26(34)18-4-7-21(8-5-18)30-27(35)31-22-9-6-19(24(29)17-22)16-20-12-15-32(25(20)33)23-10-13-28(2,36)14-11-23/h4-9,17,20,23,36H,3,10-16H2,1-2H3,(H2,30,31,35). The Kier molecular flexibility index (Phi) is 8.39. The third-order valence-corrected chi connectivity index (χ3v) is 7.61. The van der Waals surface area contributed by atoms with Gasteiger partial charge in [0.15, 0.2) is 0 Å². The SMILES string of the molecule is CCOC(=O)c1ccc(NC(=O)Nc2ccc(CC3CCN(C4CCC(C)(O)CC4)C3=O)c(Cl)c2)cc1. The summed E-state index contributed by atoms with van der Waals surface area (Å²) < 4.78 is 4.96. The monoisotopic (exact) mass is 527 g/mol. The van der Waals surface area contributed by atoms with E-state index in [0.717, 1.165) is 44.2 Å². The zero-order valence-electron chi connectivity index (χ0n) is 21.3. The highest BCUT2D eigenvalue weighted by atomic mass is 35.5. The van der Waals surface area contributed by atoms with Crippen molar-refractivity contribution in [1.82, 2.24) is 4.90 Å². The molecular formula is C28H34ClN3O5. The van der Waals surface area contributed by atoms with Gasteiger partial charge >= 0.3 is 12.0 Å². The van der Waals surface area contributed by atoms with Crippen molar-refractivity contribution in [3.63, 3.8) is 0 Å². The summed E-state index contributed by atoms with van der Waals surface area (Å²) in [6.07, 6.45) is 4.46. The minimum atomic E-state index is -0.617. The summed E-state index contributed by atoms with van der Waals surface area (Å²) in [5.41, 5.74) is 1.72. The van der Waals surface area contributed by atoms with Gasteiger partial charge in [-0.3, -0.25) is 4.79 Å². The van der Waals surface area contributed by atoms with Crippen LogP contribution in [-0.2, 0) is 16.0 Å². The topological polar surface area (TPSA) is 108 Å². The second-order valence-electron chi connectivity index (χ2n) is 10.1. The van der Waals surface area contributed by atoms with Crippen molar-refractivity contribution >= 4 is 40.9 Å². The Morgan fingerprint density at radius 2 is 1.73 bits per heavy atom. The third-order valence-electron chi connectivity index (χ3n) is 7.25. The summed E-state index contributed by atoms with van der Waals surface area (Å²) in [7, 11) is 0. The first-order chi connectivity index (χ1) is 17.6. The van der Waals surface area contributed by atoms with Crippen molar-refractivity contribution in [3.8, 4) is 0 Å². The lowest BCUT2D eigenvalue weighted by molar-refractivity contribution is -0.134. The van der Waals surface area contributed by atoms with Crippen LogP contribution < -0.4 is 10.6 Å². The van der Waals surface area contributed by atoms with Crippen molar-refractivity contribution in [1.29, 1.82) is 0 Å². The lowest BCUT2D eigenvalue weighted by Gasteiger charge is -2.37. The molecule has 3 amide bonds. The number of hydrogen-bond acceptors (Lipinski definition) is 5. The number of aliphatic hydroxyl groups is 1. The zero-order chi connectivity index (χ0) is 26.6. The third kappa shape index (κ3) is 6.81. The minimum Gasteiger partial charge on any atom is -0.462 e. The number of nitrogens with zero attached hydrogens (tertiary/aromatic N) is 1. The van der Waals surface area contributed by atoms with Gasteiger partial charge in [0.05, 0.1) is 17.8 Å². The molecule has 1 heterocycles. The average molecular weight is 528 g/mol.